The number of carbonyl (C=O) groups is 3. The van der Waals surface area contributed by atoms with E-state index in [2.05, 4.69) is 17.2 Å². The molecule has 3 amide bonds. The van der Waals surface area contributed by atoms with E-state index in [-0.39, 0.29) is 24.3 Å². The Balaban J connectivity index is 2.55. The Hall–Kier alpha value is -3.81. The quantitative estimate of drug-likeness (QED) is 0.432. The zero-order valence-corrected chi connectivity index (χ0v) is 22.6. The molecule has 8 heteroatoms. The van der Waals surface area contributed by atoms with Crippen LogP contribution in [-0.2, 0) is 20.7 Å². The van der Waals surface area contributed by atoms with Gasteiger partial charge in [-0.1, -0.05) is 54.6 Å². The van der Waals surface area contributed by atoms with Crippen LogP contribution in [0.2, 0.25) is 0 Å². The molecule has 200 valence electrons. The molecule has 0 saturated carbocycles. The lowest BCUT2D eigenvalue weighted by molar-refractivity contribution is -0.142. The van der Waals surface area contributed by atoms with Crippen molar-refractivity contribution in [3.05, 3.63) is 78.4 Å². The fourth-order valence-electron chi connectivity index (χ4n) is 3.77. The normalized spacial score (nSPS) is 13.1. The number of ether oxygens (including phenoxy) is 1. The minimum atomic E-state index is -1.18. The lowest BCUT2D eigenvalue weighted by Crippen LogP contribution is -2.55. The van der Waals surface area contributed by atoms with Crippen molar-refractivity contribution in [2.45, 2.75) is 71.2 Å². The largest absolute Gasteiger partial charge is 0.508 e. The van der Waals surface area contributed by atoms with Gasteiger partial charge in [-0.25, -0.2) is 4.79 Å². The number of hydrogen-bond acceptors (Lipinski definition) is 5. The standard InChI is InChI=1S/C29H39N3O5/c1-8-18-32(24(25(34)31-28(2,3)4)21-16-12-13-17-23(21)33)26(35)22(19-20-14-10-9-11-15-20)30-27(36)37-29(5,6)7/h8-17,22,24,33H,1,18-19H2,2-7H3,(H,30,36)(H,31,34). The van der Waals surface area contributed by atoms with Crippen molar-refractivity contribution in [2.24, 2.45) is 0 Å². The highest BCUT2D eigenvalue weighted by molar-refractivity contribution is 5.93. The van der Waals surface area contributed by atoms with Crippen molar-refractivity contribution in [3.8, 4) is 5.75 Å². The Labute approximate surface area is 219 Å². The third-order valence-corrected chi connectivity index (χ3v) is 5.17. The summed E-state index contributed by atoms with van der Waals surface area (Å²) in [5, 5.41) is 16.2. The van der Waals surface area contributed by atoms with Gasteiger partial charge in [0.1, 0.15) is 23.4 Å². The van der Waals surface area contributed by atoms with Gasteiger partial charge in [0.2, 0.25) is 11.8 Å². The van der Waals surface area contributed by atoms with E-state index >= 15 is 0 Å². The van der Waals surface area contributed by atoms with E-state index in [0.717, 1.165) is 5.56 Å². The molecule has 2 rings (SSSR count). The number of amides is 3. The summed E-state index contributed by atoms with van der Waals surface area (Å²) in [6.45, 7) is 14.4. The maximum absolute atomic E-state index is 14.1. The molecule has 2 aromatic carbocycles. The molecule has 0 heterocycles. The van der Waals surface area contributed by atoms with E-state index in [1.54, 1.807) is 39.0 Å². The molecule has 8 nitrogen and oxygen atoms in total. The van der Waals surface area contributed by atoms with Crippen molar-refractivity contribution >= 4 is 17.9 Å². The molecule has 2 aromatic rings. The average Bonchev–Trinajstić information content (AvgIpc) is 2.77. The molecule has 0 aliphatic carbocycles. The molecule has 0 radical (unpaired) electrons. The molecular formula is C29H39N3O5. The summed E-state index contributed by atoms with van der Waals surface area (Å²) in [7, 11) is 0. The van der Waals surface area contributed by atoms with Gasteiger partial charge in [-0.05, 0) is 53.2 Å². The van der Waals surface area contributed by atoms with Crippen LogP contribution >= 0.6 is 0 Å². The third kappa shape index (κ3) is 9.29. The number of para-hydroxylation sites is 1. The van der Waals surface area contributed by atoms with Crippen LogP contribution in [0.5, 0.6) is 5.75 Å². The Morgan fingerprint density at radius 3 is 2.14 bits per heavy atom. The lowest BCUT2D eigenvalue weighted by Gasteiger charge is -2.35. The van der Waals surface area contributed by atoms with Gasteiger partial charge in [0.05, 0.1) is 0 Å². The molecule has 0 aliphatic rings. The fourth-order valence-corrected chi connectivity index (χ4v) is 3.77. The first kappa shape index (κ1) is 29.4. The van der Waals surface area contributed by atoms with Crippen LogP contribution in [0, 0.1) is 0 Å². The van der Waals surface area contributed by atoms with Gasteiger partial charge in [-0.2, -0.15) is 0 Å². The molecule has 37 heavy (non-hydrogen) atoms. The summed E-state index contributed by atoms with van der Waals surface area (Å²) >= 11 is 0. The van der Waals surface area contributed by atoms with Gasteiger partial charge in [-0.3, -0.25) is 9.59 Å². The van der Waals surface area contributed by atoms with Gasteiger partial charge in [0, 0.05) is 24.1 Å². The highest BCUT2D eigenvalue weighted by Gasteiger charge is 2.38. The van der Waals surface area contributed by atoms with Crippen LogP contribution in [0.3, 0.4) is 0 Å². The molecule has 0 bridgehead atoms. The summed E-state index contributed by atoms with van der Waals surface area (Å²) < 4.78 is 5.41. The number of rotatable bonds is 9. The second kappa shape index (κ2) is 12.4. The third-order valence-electron chi connectivity index (χ3n) is 5.17. The van der Waals surface area contributed by atoms with Gasteiger partial charge in [0.15, 0.2) is 0 Å². The Morgan fingerprint density at radius 1 is 1.00 bits per heavy atom. The number of phenolic OH excluding ortho intramolecular Hbond substituents is 1. The van der Waals surface area contributed by atoms with Gasteiger partial charge < -0.3 is 25.4 Å². The first-order valence-electron chi connectivity index (χ1n) is 12.3. The molecule has 3 N–H and O–H groups in total. The average molecular weight is 510 g/mol. The number of nitrogens with zero attached hydrogens (tertiary/aromatic N) is 1. The predicted molar refractivity (Wildman–Crippen MR) is 144 cm³/mol. The number of benzene rings is 2. The van der Waals surface area contributed by atoms with Crippen molar-refractivity contribution in [2.75, 3.05) is 6.54 Å². The van der Waals surface area contributed by atoms with Gasteiger partial charge in [0.25, 0.3) is 0 Å². The Kier molecular flexibility index (Phi) is 9.88. The Morgan fingerprint density at radius 2 is 1.59 bits per heavy atom. The van der Waals surface area contributed by atoms with Gasteiger partial charge in [-0.15, -0.1) is 6.58 Å². The van der Waals surface area contributed by atoms with E-state index in [0.29, 0.717) is 0 Å². The SMILES string of the molecule is C=CCN(C(=O)C(Cc1ccccc1)NC(=O)OC(C)(C)C)C(C(=O)NC(C)(C)C)c1ccccc1O. The first-order valence-corrected chi connectivity index (χ1v) is 12.3. The van der Waals surface area contributed by atoms with E-state index < -0.39 is 41.1 Å². The zero-order valence-electron chi connectivity index (χ0n) is 22.6. The number of alkyl carbamates (subject to hydrolysis) is 1. The van der Waals surface area contributed by atoms with Crippen LogP contribution in [0.15, 0.2) is 67.3 Å². The van der Waals surface area contributed by atoms with E-state index in [9.17, 15) is 19.5 Å². The van der Waals surface area contributed by atoms with E-state index in [1.165, 1.54) is 17.0 Å². The van der Waals surface area contributed by atoms with Crippen molar-refractivity contribution in [1.29, 1.82) is 0 Å². The van der Waals surface area contributed by atoms with Crippen LogP contribution in [0.4, 0.5) is 4.79 Å². The fraction of sp³-hybridized carbons (Fsp3) is 0.414. The molecule has 0 fully saturated rings. The van der Waals surface area contributed by atoms with Crippen molar-refractivity contribution in [3.63, 3.8) is 0 Å². The maximum atomic E-state index is 14.1. The lowest BCUT2D eigenvalue weighted by atomic mass is 9.98. The summed E-state index contributed by atoms with van der Waals surface area (Å²) in [4.78, 5) is 41.7. The molecule has 2 atom stereocenters. The van der Waals surface area contributed by atoms with Crippen LogP contribution in [-0.4, -0.2) is 51.6 Å². The monoisotopic (exact) mass is 509 g/mol. The van der Waals surface area contributed by atoms with E-state index in [4.69, 9.17) is 4.74 Å². The van der Waals surface area contributed by atoms with Crippen LogP contribution in [0.25, 0.3) is 0 Å². The number of aromatic hydroxyl groups is 1. The highest BCUT2D eigenvalue weighted by Crippen LogP contribution is 2.30. The minimum absolute atomic E-state index is 0.00329. The Bertz CT molecular complexity index is 1090. The topological polar surface area (TPSA) is 108 Å². The summed E-state index contributed by atoms with van der Waals surface area (Å²) in [6.07, 6.45) is 0.919. The molecular weight excluding hydrogens is 470 g/mol. The summed E-state index contributed by atoms with van der Waals surface area (Å²) in [6, 6.07) is 13.4. The molecule has 0 spiro atoms. The van der Waals surface area contributed by atoms with E-state index in [1.807, 2.05) is 51.1 Å². The minimum Gasteiger partial charge on any atom is -0.508 e. The summed E-state index contributed by atoms with van der Waals surface area (Å²) in [5.41, 5.74) is -0.291. The van der Waals surface area contributed by atoms with Crippen LogP contribution < -0.4 is 10.6 Å². The van der Waals surface area contributed by atoms with Crippen molar-refractivity contribution < 1.29 is 24.2 Å². The van der Waals surface area contributed by atoms with Crippen molar-refractivity contribution in [1.82, 2.24) is 15.5 Å². The number of nitrogens with one attached hydrogen (secondary N) is 2. The summed E-state index contributed by atoms with van der Waals surface area (Å²) in [5.74, 6) is -1.12. The molecule has 0 aliphatic heterocycles. The maximum Gasteiger partial charge on any atom is 0.408 e. The number of phenols is 1. The molecule has 0 saturated heterocycles. The number of carbonyl (C=O) groups excluding carboxylic acids is 3. The molecule has 2 unspecified atom stereocenters. The zero-order chi connectivity index (χ0) is 27.8. The predicted octanol–water partition coefficient (Wildman–Crippen LogP) is 4.50. The highest BCUT2D eigenvalue weighted by atomic mass is 16.6. The smallest absolute Gasteiger partial charge is 0.408 e. The van der Waals surface area contributed by atoms with Gasteiger partial charge >= 0.3 is 6.09 Å². The second-order valence-electron chi connectivity index (χ2n) is 10.9. The molecule has 0 aromatic heterocycles. The number of hydrogen-bond donors (Lipinski definition) is 3. The second-order valence-corrected chi connectivity index (χ2v) is 10.9. The van der Waals surface area contributed by atoms with Crippen LogP contribution in [0.1, 0.15) is 58.7 Å². The first-order chi connectivity index (χ1) is 17.2.